The van der Waals surface area contributed by atoms with Gasteiger partial charge in [-0.05, 0) is 23.8 Å². The summed E-state index contributed by atoms with van der Waals surface area (Å²) in [4.78, 5) is 22.2. The van der Waals surface area contributed by atoms with E-state index in [0.29, 0.717) is 41.5 Å². The van der Waals surface area contributed by atoms with Crippen LogP contribution in [-0.2, 0) is 25.3 Å². The zero-order chi connectivity index (χ0) is 21.1. The van der Waals surface area contributed by atoms with Crippen LogP contribution in [0.15, 0.2) is 52.4 Å². The third-order valence-electron chi connectivity index (χ3n) is 5.01. The number of ether oxygens (including phenoxy) is 1. The third kappa shape index (κ3) is 4.71. The van der Waals surface area contributed by atoms with Crippen LogP contribution in [0.2, 0.25) is 0 Å². The smallest absolute Gasteiger partial charge is 0.256 e. The van der Waals surface area contributed by atoms with E-state index >= 15 is 0 Å². The summed E-state index contributed by atoms with van der Waals surface area (Å²) in [5.41, 5.74) is 2.85. The highest BCUT2D eigenvalue weighted by atomic mass is 32.2. The number of aromatic nitrogens is 2. The van der Waals surface area contributed by atoms with Crippen LogP contribution in [0.1, 0.15) is 22.4 Å². The zero-order valence-electron chi connectivity index (χ0n) is 16.5. The van der Waals surface area contributed by atoms with E-state index in [9.17, 15) is 13.6 Å². The van der Waals surface area contributed by atoms with Crippen LogP contribution in [0, 0.1) is 11.6 Å². The topological polar surface area (TPSA) is 58.2 Å². The molecule has 8 heteroatoms. The average Bonchev–Trinajstić information content (AvgIpc) is 2.72. The van der Waals surface area contributed by atoms with Gasteiger partial charge in [0.05, 0.1) is 18.4 Å². The van der Waals surface area contributed by atoms with E-state index in [0.717, 1.165) is 29.6 Å². The number of thioether (sulfide) groups is 1. The first-order valence-electron chi connectivity index (χ1n) is 9.56. The molecule has 0 unspecified atom stereocenters. The van der Waals surface area contributed by atoms with Gasteiger partial charge in [0.25, 0.3) is 5.56 Å². The number of hydrogen-bond acceptors (Lipinski definition) is 5. The molecule has 1 aliphatic heterocycles. The average molecular weight is 429 g/mol. The van der Waals surface area contributed by atoms with Gasteiger partial charge in [0.15, 0.2) is 5.16 Å². The summed E-state index contributed by atoms with van der Waals surface area (Å²) in [5.74, 6) is -0.0906. The van der Waals surface area contributed by atoms with Crippen molar-refractivity contribution in [2.24, 2.45) is 0 Å². The molecule has 156 valence electrons. The van der Waals surface area contributed by atoms with Gasteiger partial charge < -0.3 is 9.72 Å². The van der Waals surface area contributed by atoms with Gasteiger partial charge in [0.2, 0.25) is 0 Å². The Morgan fingerprint density at radius 3 is 2.73 bits per heavy atom. The first-order valence-corrected chi connectivity index (χ1v) is 10.5. The number of para-hydroxylation sites is 1. The maximum Gasteiger partial charge on any atom is 0.256 e. The fraction of sp³-hybridized carbons (Fsp3) is 0.273. The molecule has 5 nitrogen and oxygen atoms in total. The van der Waals surface area contributed by atoms with Gasteiger partial charge in [-0.15, -0.1) is 0 Å². The lowest BCUT2D eigenvalue weighted by molar-refractivity contribution is 0.237. The predicted molar refractivity (Wildman–Crippen MR) is 112 cm³/mol. The van der Waals surface area contributed by atoms with Gasteiger partial charge >= 0.3 is 0 Å². The van der Waals surface area contributed by atoms with Crippen LogP contribution in [0.5, 0.6) is 5.75 Å². The number of benzene rings is 2. The van der Waals surface area contributed by atoms with Gasteiger partial charge in [-0.2, -0.15) is 0 Å². The Kier molecular flexibility index (Phi) is 6.15. The Labute approximate surface area is 177 Å². The number of aromatic amines is 1. The molecule has 0 atom stereocenters. The molecule has 2 aromatic carbocycles. The minimum absolute atomic E-state index is 0.169. The number of fused-ring (bicyclic) bond motifs is 1. The molecule has 30 heavy (non-hydrogen) atoms. The Balaban J connectivity index is 1.46. The third-order valence-corrected chi connectivity index (χ3v) is 5.95. The molecule has 3 aromatic rings. The van der Waals surface area contributed by atoms with Gasteiger partial charge in [-0.1, -0.05) is 30.0 Å². The van der Waals surface area contributed by atoms with Gasteiger partial charge in [-0.3, -0.25) is 9.69 Å². The lowest BCUT2D eigenvalue weighted by Crippen LogP contribution is -2.35. The van der Waals surface area contributed by atoms with E-state index in [-0.39, 0.29) is 5.56 Å². The molecule has 0 amide bonds. The highest BCUT2D eigenvalue weighted by molar-refractivity contribution is 7.98. The Hall–Kier alpha value is -2.71. The summed E-state index contributed by atoms with van der Waals surface area (Å²) in [5, 5.41) is 0.460. The molecular formula is C22H21F2N3O2S. The van der Waals surface area contributed by atoms with E-state index in [1.54, 1.807) is 7.11 Å². The van der Waals surface area contributed by atoms with E-state index in [2.05, 4.69) is 14.9 Å². The van der Waals surface area contributed by atoms with E-state index in [4.69, 9.17) is 4.74 Å². The molecule has 1 aromatic heterocycles. The Bertz CT molecular complexity index is 1100. The predicted octanol–water partition coefficient (Wildman–Crippen LogP) is 3.91. The number of halogens is 2. The second-order valence-corrected chi connectivity index (χ2v) is 8.10. The summed E-state index contributed by atoms with van der Waals surface area (Å²) in [6.45, 7) is 1.97. The van der Waals surface area contributed by atoms with Gasteiger partial charge in [0.1, 0.15) is 17.4 Å². The molecule has 0 radical (unpaired) electrons. The largest absolute Gasteiger partial charge is 0.496 e. The second kappa shape index (κ2) is 8.97. The van der Waals surface area contributed by atoms with Crippen LogP contribution in [0.3, 0.4) is 0 Å². The quantitative estimate of drug-likeness (QED) is 0.476. The number of nitrogens with one attached hydrogen (secondary N) is 1. The molecule has 0 spiro atoms. The number of hydrogen-bond donors (Lipinski definition) is 1. The van der Waals surface area contributed by atoms with Crippen molar-refractivity contribution in [2.45, 2.75) is 30.4 Å². The van der Waals surface area contributed by atoms with E-state index in [1.165, 1.54) is 23.9 Å². The molecule has 0 saturated heterocycles. The van der Waals surface area contributed by atoms with Crippen molar-refractivity contribution in [1.82, 2.24) is 14.9 Å². The maximum absolute atomic E-state index is 13.3. The summed E-state index contributed by atoms with van der Waals surface area (Å²) >= 11 is 1.26. The Morgan fingerprint density at radius 2 is 1.97 bits per heavy atom. The number of methoxy groups -OCH3 is 1. The molecule has 2 heterocycles. The maximum atomic E-state index is 13.3. The first-order chi connectivity index (χ1) is 14.5. The molecule has 0 fully saturated rings. The summed E-state index contributed by atoms with van der Waals surface area (Å²) in [6.07, 6.45) is 0.663. The van der Waals surface area contributed by atoms with Crippen LogP contribution >= 0.6 is 11.8 Å². The molecule has 0 aliphatic carbocycles. The Morgan fingerprint density at radius 1 is 1.20 bits per heavy atom. The molecule has 4 rings (SSSR count). The first kappa shape index (κ1) is 20.6. The molecule has 1 N–H and O–H groups in total. The van der Waals surface area contributed by atoms with Crippen LogP contribution in [0.25, 0.3) is 0 Å². The molecule has 0 bridgehead atoms. The van der Waals surface area contributed by atoms with E-state index < -0.39 is 11.6 Å². The fourth-order valence-corrected chi connectivity index (χ4v) is 4.39. The lowest BCUT2D eigenvalue weighted by atomic mass is 10.1. The van der Waals surface area contributed by atoms with Crippen molar-refractivity contribution < 1.29 is 13.5 Å². The highest BCUT2D eigenvalue weighted by Crippen LogP contribution is 2.24. The highest BCUT2D eigenvalue weighted by Gasteiger charge is 2.22. The van der Waals surface area contributed by atoms with Crippen molar-refractivity contribution >= 4 is 11.8 Å². The standard InChI is InChI=1S/C22H21F2N3O2S/c1-29-20-5-3-2-4-15(20)11-27-7-6-19-18(12-27)21(28)26-22(25-19)30-13-14-8-16(23)10-17(24)9-14/h2-5,8-10H,6-7,11-13H2,1H3,(H,25,26,28). The molecule has 0 saturated carbocycles. The van der Waals surface area contributed by atoms with Gasteiger partial charge in [-0.25, -0.2) is 13.8 Å². The van der Waals surface area contributed by atoms with Crippen molar-refractivity contribution in [2.75, 3.05) is 13.7 Å². The number of nitrogens with zero attached hydrogens (tertiary/aromatic N) is 2. The van der Waals surface area contributed by atoms with Crippen LogP contribution in [0.4, 0.5) is 8.78 Å². The van der Waals surface area contributed by atoms with Crippen molar-refractivity contribution in [1.29, 1.82) is 0 Å². The number of rotatable bonds is 6. The summed E-state index contributed by atoms with van der Waals surface area (Å²) < 4.78 is 32.1. The summed E-state index contributed by atoms with van der Waals surface area (Å²) in [6, 6.07) is 11.2. The monoisotopic (exact) mass is 429 g/mol. The normalized spacial score (nSPS) is 13.8. The van der Waals surface area contributed by atoms with Crippen molar-refractivity contribution in [3.8, 4) is 5.75 Å². The summed E-state index contributed by atoms with van der Waals surface area (Å²) in [7, 11) is 1.65. The minimum atomic E-state index is -0.618. The second-order valence-electron chi connectivity index (χ2n) is 7.14. The zero-order valence-corrected chi connectivity index (χ0v) is 17.3. The number of H-pyrrole nitrogens is 1. The lowest BCUT2D eigenvalue weighted by Gasteiger charge is -2.28. The molecule has 1 aliphatic rings. The fourth-order valence-electron chi connectivity index (χ4n) is 3.58. The van der Waals surface area contributed by atoms with E-state index in [1.807, 2.05) is 24.3 Å². The van der Waals surface area contributed by atoms with Gasteiger partial charge in [0, 0.05) is 43.4 Å². The molecular weight excluding hydrogens is 408 g/mol. The van der Waals surface area contributed by atoms with Crippen molar-refractivity contribution in [3.05, 3.63) is 86.8 Å². The SMILES string of the molecule is COc1ccccc1CN1CCc2nc(SCc3cc(F)cc(F)c3)[nH]c(=O)c2C1. The van der Waals surface area contributed by atoms with Crippen LogP contribution < -0.4 is 10.3 Å². The van der Waals surface area contributed by atoms with Crippen LogP contribution in [-0.4, -0.2) is 28.5 Å². The minimum Gasteiger partial charge on any atom is -0.496 e. The van der Waals surface area contributed by atoms with Crippen molar-refractivity contribution in [3.63, 3.8) is 0 Å².